The summed E-state index contributed by atoms with van der Waals surface area (Å²) in [7, 11) is -3.81. The van der Waals surface area contributed by atoms with Crippen LogP contribution in [0, 0.1) is 18.6 Å². The average molecular weight is 684 g/mol. The highest BCUT2D eigenvalue weighted by Crippen LogP contribution is 2.30. The Bertz CT molecular complexity index is 2010. The van der Waals surface area contributed by atoms with Crippen molar-refractivity contribution in [1.29, 1.82) is 0 Å². The van der Waals surface area contributed by atoms with Crippen molar-refractivity contribution in [2.75, 3.05) is 15.8 Å². The topological polar surface area (TPSA) is 147 Å². The number of nitrogens with one attached hydrogen (secondary N) is 3. The second-order valence-electron chi connectivity index (χ2n) is 9.61. The number of sulfonamides is 1. The molecule has 0 aliphatic carbocycles. The number of carbonyl (C=O) groups is 2. The molecule has 10 nitrogen and oxygen atoms in total. The second kappa shape index (κ2) is 13.7. The van der Waals surface area contributed by atoms with Crippen LogP contribution in [-0.4, -0.2) is 41.0 Å². The van der Waals surface area contributed by atoms with Crippen molar-refractivity contribution >= 4 is 55.7 Å². The SMILES string of the molecule is CCCS(=O)(=O)Nc1ccc(F)c(C(=O)c2c[nH]c3ncc(Cl)cc23)c1F.Cc1oncc1C(=O)Nc1ccc(C(F)(F)F)cc1. The fraction of sp³-hybridized carbons (Fsp3) is 0.172. The molecule has 0 saturated carbocycles. The minimum absolute atomic E-state index is 0.0358. The number of benzene rings is 2. The molecule has 0 saturated heterocycles. The Morgan fingerprint density at radius 1 is 1.04 bits per heavy atom. The Kier molecular flexibility index (Phi) is 10.1. The first-order chi connectivity index (χ1) is 21.6. The standard InChI is InChI=1S/C17H14ClF2N3O3S.C12H9F3N2O2/c1-2-5-27(25,26)23-13-4-3-12(19)14(15(13)20)16(24)11-8-22-17-10(11)6-9(18)7-21-17;1-7-10(6-16-19-7)11(18)17-9-4-2-8(3-5-9)12(13,14)15/h3-4,6-8,23H,2,5H2,1H3,(H,21,22);2-6H,1H3,(H,17,18). The molecule has 5 rings (SSSR count). The van der Waals surface area contributed by atoms with Crippen molar-refractivity contribution in [3.8, 4) is 0 Å². The number of nitrogens with zero attached hydrogens (tertiary/aromatic N) is 2. The number of halogens is 6. The van der Waals surface area contributed by atoms with Gasteiger partial charge in [-0.1, -0.05) is 23.7 Å². The van der Waals surface area contributed by atoms with Gasteiger partial charge in [0.15, 0.2) is 5.82 Å². The van der Waals surface area contributed by atoms with Crippen LogP contribution in [0.5, 0.6) is 0 Å². The molecule has 17 heteroatoms. The summed E-state index contributed by atoms with van der Waals surface area (Å²) in [5.74, 6) is -3.75. The molecule has 1 amide bonds. The van der Waals surface area contributed by atoms with Crippen molar-refractivity contribution in [2.45, 2.75) is 26.4 Å². The normalized spacial score (nSPS) is 11.6. The number of pyridine rings is 1. The van der Waals surface area contributed by atoms with Crippen molar-refractivity contribution in [3.63, 3.8) is 0 Å². The van der Waals surface area contributed by atoms with E-state index in [0.29, 0.717) is 23.2 Å². The summed E-state index contributed by atoms with van der Waals surface area (Å²) in [6, 6.07) is 7.37. The molecule has 242 valence electrons. The number of hydrogen-bond acceptors (Lipinski definition) is 7. The van der Waals surface area contributed by atoms with Gasteiger partial charge in [0.1, 0.15) is 22.8 Å². The number of aromatic amines is 1. The lowest BCUT2D eigenvalue weighted by Gasteiger charge is -2.11. The van der Waals surface area contributed by atoms with E-state index >= 15 is 0 Å². The molecule has 0 radical (unpaired) electrons. The van der Waals surface area contributed by atoms with Crippen LogP contribution in [-0.2, 0) is 16.2 Å². The number of amides is 1. The van der Waals surface area contributed by atoms with Gasteiger partial charge in [-0.3, -0.25) is 14.3 Å². The van der Waals surface area contributed by atoms with Crippen LogP contribution in [0.2, 0.25) is 5.02 Å². The molecule has 0 fully saturated rings. The fourth-order valence-electron chi connectivity index (χ4n) is 4.08. The van der Waals surface area contributed by atoms with Gasteiger partial charge in [-0.25, -0.2) is 22.2 Å². The molecule has 46 heavy (non-hydrogen) atoms. The zero-order chi connectivity index (χ0) is 33.8. The maximum absolute atomic E-state index is 14.8. The monoisotopic (exact) mass is 683 g/mol. The van der Waals surface area contributed by atoms with Crippen molar-refractivity contribution in [1.82, 2.24) is 15.1 Å². The van der Waals surface area contributed by atoms with Gasteiger partial charge in [0.2, 0.25) is 15.8 Å². The molecule has 2 aromatic carbocycles. The van der Waals surface area contributed by atoms with Crippen molar-refractivity contribution in [3.05, 3.63) is 106 Å². The van der Waals surface area contributed by atoms with Crippen molar-refractivity contribution in [2.24, 2.45) is 0 Å². The molecule has 0 atom stereocenters. The summed E-state index contributed by atoms with van der Waals surface area (Å²) in [6.07, 6.45) is -0.211. The maximum Gasteiger partial charge on any atom is 0.416 e. The number of alkyl halides is 3. The van der Waals surface area contributed by atoms with E-state index in [2.05, 4.69) is 20.4 Å². The lowest BCUT2D eigenvalue weighted by Crippen LogP contribution is -2.18. The highest BCUT2D eigenvalue weighted by molar-refractivity contribution is 7.92. The quantitative estimate of drug-likeness (QED) is 0.116. The second-order valence-corrected chi connectivity index (χ2v) is 11.9. The Balaban J connectivity index is 0.000000222. The summed E-state index contributed by atoms with van der Waals surface area (Å²) >= 11 is 5.88. The summed E-state index contributed by atoms with van der Waals surface area (Å²) < 4.78 is 96.6. The van der Waals surface area contributed by atoms with Gasteiger partial charge in [-0.05, 0) is 55.8 Å². The number of hydrogen-bond donors (Lipinski definition) is 3. The van der Waals surface area contributed by atoms with E-state index in [0.717, 1.165) is 24.3 Å². The molecule has 5 aromatic rings. The summed E-state index contributed by atoms with van der Waals surface area (Å²) in [6.45, 7) is 3.21. The third kappa shape index (κ3) is 7.87. The zero-order valence-electron chi connectivity index (χ0n) is 23.8. The number of carbonyl (C=O) groups excluding carboxylic acids is 2. The van der Waals surface area contributed by atoms with Crippen LogP contribution in [0.3, 0.4) is 0 Å². The lowest BCUT2D eigenvalue weighted by molar-refractivity contribution is -0.137. The molecule has 3 heterocycles. The number of aryl methyl sites for hydroxylation is 1. The maximum atomic E-state index is 14.8. The van der Waals surface area contributed by atoms with Crippen LogP contribution in [0.25, 0.3) is 11.0 Å². The number of anilines is 2. The molecule has 0 bridgehead atoms. The number of aromatic nitrogens is 3. The Labute approximate surface area is 263 Å². The van der Waals surface area contributed by atoms with E-state index in [1.54, 1.807) is 13.8 Å². The largest absolute Gasteiger partial charge is 0.416 e. The number of fused-ring (bicyclic) bond motifs is 1. The predicted octanol–water partition coefficient (Wildman–Crippen LogP) is 7.13. The van der Waals surface area contributed by atoms with Crippen LogP contribution in [0.4, 0.5) is 33.3 Å². The molecule has 3 N–H and O–H groups in total. The van der Waals surface area contributed by atoms with Gasteiger partial charge in [0, 0.05) is 29.0 Å². The Morgan fingerprint density at radius 3 is 2.35 bits per heavy atom. The van der Waals surface area contributed by atoms with Gasteiger partial charge in [0.25, 0.3) is 5.91 Å². The smallest absolute Gasteiger partial charge is 0.361 e. The summed E-state index contributed by atoms with van der Waals surface area (Å²) in [5, 5.41) is 6.45. The molecule has 0 aliphatic heterocycles. The predicted molar refractivity (Wildman–Crippen MR) is 159 cm³/mol. The van der Waals surface area contributed by atoms with Crippen LogP contribution in [0.15, 0.2) is 65.6 Å². The Hall–Kier alpha value is -4.83. The first-order valence-corrected chi connectivity index (χ1v) is 15.2. The van der Waals surface area contributed by atoms with E-state index in [9.17, 15) is 40.0 Å². The number of rotatable bonds is 8. The Morgan fingerprint density at radius 2 is 1.74 bits per heavy atom. The third-order valence-corrected chi connectivity index (χ3v) is 7.95. The van der Waals surface area contributed by atoms with E-state index in [-0.39, 0.29) is 27.6 Å². The van der Waals surface area contributed by atoms with E-state index in [1.807, 2.05) is 4.72 Å². The lowest BCUT2D eigenvalue weighted by atomic mass is 10.0. The highest BCUT2D eigenvalue weighted by atomic mass is 35.5. The van der Waals surface area contributed by atoms with Gasteiger partial charge in [-0.15, -0.1) is 0 Å². The first-order valence-electron chi connectivity index (χ1n) is 13.2. The molecule has 0 unspecified atom stereocenters. The van der Waals surface area contributed by atoms with Gasteiger partial charge in [-0.2, -0.15) is 13.2 Å². The van der Waals surface area contributed by atoms with Crippen LogP contribution >= 0.6 is 11.6 Å². The molecule has 0 spiro atoms. The van der Waals surface area contributed by atoms with Crippen molar-refractivity contribution < 1.29 is 44.5 Å². The zero-order valence-corrected chi connectivity index (χ0v) is 25.4. The molecular weight excluding hydrogens is 661 g/mol. The number of H-pyrrole nitrogens is 1. The van der Waals surface area contributed by atoms with Gasteiger partial charge >= 0.3 is 6.18 Å². The molecular formula is C29H23ClF5N5O5S. The van der Waals surface area contributed by atoms with Gasteiger partial charge < -0.3 is 14.8 Å². The molecule has 0 aliphatic rings. The van der Waals surface area contributed by atoms with E-state index in [4.69, 9.17) is 16.1 Å². The highest BCUT2D eigenvalue weighted by Gasteiger charge is 2.30. The van der Waals surface area contributed by atoms with Gasteiger partial charge in [0.05, 0.1) is 33.8 Å². The van der Waals surface area contributed by atoms with Crippen LogP contribution < -0.4 is 10.0 Å². The summed E-state index contributed by atoms with van der Waals surface area (Å²) in [5.41, 5.74) is -1.35. The van der Waals surface area contributed by atoms with E-state index in [1.165, 1.54) is 36.8 Å². The van der Waals surface area contributed by atoms with E-state index < -0.39 is 56.3 Å². The summed E-state index contributed by atoms with van der Waals surface area (Å²) in [4.78, 5) is 31.2. The van der Waals surface area contributed by atoms with Crippen LogP contribution in [0.1, 0.15) is 50.9 Å². The average Bonchev–Trinajstić information content (AvgIpc) is 3.60. The fourth-order valence-corrected chi connectivity index (χ4v) is 5.37. The minimum atomic E-state index is -4.40. The minimum Gasteiger partial charge on any atom is -0.361 e. The third-order valence-electron chi connectivity index (χ3n) is 6.26. The first kappa shape index (κ1) is 34.1. The molecule has 3 aromatic heterocycles. The number of ketones is 1.